The molecule has 0 radical (unpaired) electrons. The van der Waals surface area contributed by atoms with Gasteiger partial charge in [0.15, 0.2) is 0 Å². The van der Waals surface area contributed by atoms with Crippen LogP contribution in [0.15, 0.2) is 36.7 Å². The minimum atomic E-state index is -4.33. The number of hydrogen-bond donors (Lipinski definition) is 1. The minimum Gasteiger partial charge on any atom is -0.458 e. The topological polar surface area (TPSA) is 90.6 Å². The van der Waals surface area contributed by atoms with Crippen LogP contribution in [0.2, 0.25) is 0 Å². The van der Waals surface area contributed by atoms with Crippen molar-refractivity contribution in [2.75, 3.05) is 18.5 Å². The van der Waals surface area contributed by atoms with E-state index in [-0.39, 0.29) is 18.2 Å². The average Bonchev–Trinajstić information content (AvgIpc) is 3.17. The van der Waals surface area contributed by atoms with Crippen molar-refractivity contribution in [2.45, 2.75) is 44.5 Å². The first-order valence-electron chi connectivity index (χ1n) is 10.1. The molecule has 0 bridgehead atoms. The Hall–Kier alpha value is -3.21. The third-order valence-electron chi connectivity index (χ3n) is 5.37. The SMILES string of the molecule is CC(=O)O[C@@H]1COCC[C@H]1Nc1ncc2ccc(-c3ccc([C@@H](C)C(F)(F)F)cn3)n2n1. The molecule has 3 aromatic rings. The van der Waals surface area contributed by atoms with E-state index < -0.39 is 24.2 Å². The summed E-state index contributed by atoms with van der Waals surface area (Å²) in [4.78, 5) is 19.9. The van der Waals surface area contributed by atoms with Crippen LogP contribution in [0.4, 0.5) is 19.1 Å². The fourth-order valence-electron chi connectivity index (χ4n) is 3.54. The van der Waals surface area contributed by atoms with E-state index in [9.17, 15) is 18.0 Å². The molecular weight excluding hydrogens is 427 g/mol. The van der Waals surface area contributed by atoms with Crippen LogP contribution in [0.3, 0.4) is 0 Å². The van der Waals surface area contributed by atoms with E-state index in [1.54, 1.807) is 28.9 Å². The Morgan fingerprint density at radius 1 is 1.25 bits per heavy atom. The summed E-state index contributed by atoms with van der Waals surface area (Å²) < 4.78 is 51.2. The quantitative estimate of drug-likeness (QED) is 0.596. The maximum Gasteiger partial charge on any atom is 0.395 e. The Morgan fingerprint density at radius 2 is 2.06 bits per heavy atom. The van der Waals surface area contributed by atoms with Gasteiger partial charge in [-0.3, -0.25) is 9.78 Å². The zero-order valence-electron chi connectivity index (χ0n) is 17.5. The molecule has 0 amide bonds. The van der Waals surface area contributed by atoms with Gasteiger partial charge in [-0.2, -0.15) is 13.2 Å². The highest BCUT2D eigenvalue weighted by Gasteiger charge is 2.37. The van der Waals surface area contributed by atoms with Gasteiger partial charge in [0.05, 0.1) is 41.7 Å². The van der Waals surface area contributed by atoms with Gasteiger partial charge >= 0.3 is 12.1 Å². The molecule has 1 fully saturated rings. The molecule has 32 heavy (non-hydrogen) atoms. The fourth-order valence-corrected chi connectivity index (χ4v) is 3.54. The van der Waals surface area contributed by atoms with Gasteiger partial charge in [0, 0.05) is 19.7 Å². The van der Waals surface area contributed by atoms with Gasteiger partial charge in [0.2, 0.25) is 5.95 Å². The van der Waals surface area contributed by atoms with Crippen LogP contribution >= 0.6 is 0 Å². The number of carbonyl (C=O) groups is 1. The van der Waals surface area contributed by atoms with Crippen molar-refractivity contribution in [3.63, 3.8) is 0 Å². The third kappa shape index (κ3) is 4.67. The first-order chi connectivity index (χ1) is 15.2. The summed E-state index contributed by atoms with van der Waals surface area (Å²) in [5.41, 5.74) is 1.88. The maximum atomic E-state index is 13.0. The Morgan fingerprint density at radius 3 is 2.75 bits per heavy atom. The van der Waals surface area contributed by atoms with E-state index in [2.05, 4.69) is 20.4 Å². The molecule has 3 atom stereocenters. The number of esters is 1. The summed E-state index contributed by atoms with van der Waals surface area (Å²) in [6.07, 6.45) is -1.32. The van der Waals surface area contributed by atoms with E-state index in [1.165, 1.54) is 19.2 Å². The van der Waals surface area contributed by atoms with Crippen LogP contribution in [-0.2, 0) is 14.3 Å². The van der Waals surface area contributed by atoms with Crippen molar-refractivity contribution in [2.24, 2.45) is 0 Å². The van der Waals surface area contributed by atoms with Gasteiger partial charge in [-0.1, -0.05) is 6.07 Å². The number of rotatable bonds is 5. The van der Waals surface area contributed by atoms with Crippen molar-refractivity contribution < 1.29 is 27.4 Å². The van der Waals surface area contributed by atoms with Gasteiger partial charge in [0.25, 0.3) is 0 Å². The third-order valence-corrected chi connectivity index (χ3v) is 5.37. The summed E-state index contributed by atoms with van der Waals surface area (Å²) in [5.74, 6) is -1.68. The molecule has 0 spiro atoms. The number of nitrogens with one attached hydrogen (secondary N) is 1. The smallest absolute Gasteiger partial charge is 0.395 e. The number of pyridine rings is 1. The summed E-state index contributed by atoms with van der Waals surface area (Å²) in [7, 11) is 0. The maximum absolute atomic E-state index is 13.0. The van der Waals surface area contributed by atoms with Crippen LogP contribution in [0.1, 0.15) is 31.7 Å². The van der Waals surface area contributed by atoms with Crippen molar-refractivity contribution in [3.05, 3.63) is 42.2 Å². The van der Waals surface area contributed by atoms with E-state index in [4.69, 9.17) is 9.47 Å². The van der Waals surface area contributed by atoms with E-state index in [1.807, 2.05) is 0 Å². The van der Waals surface area contributed by atoms with Gasteiger partial charge in [-0.25, -0.2) is 9.50 Å². The highest BCUT2D eigenvalue weighted by Crippen LogP contribution is 2.34. The Labute approximate surface area is 181 Å². The molecule has 0 aromatic carbocycles. The minimum absolute atomic E-state index is 0.0927. The number of ether oxygens (including phenoxy) is 2. The first-order valence-corrected chi connectivity index (χ1v) is 10.1. The molecule has 4 rings (SSSR count). The van der Waals surface area contributed by atoms with E-state index in [0.29, 0.717) is 35.9 Å². The molecule has 1 aliphatic heterocycles. The van der Waals surface area contributed by atoms with Crippen molar-refractivity contribution >= 4 is 17.4 Å². The number of hydrogen-bond acceptors (Lipinski definition) is 7. The number of nitrogens with zero attached hydrogens (tertiary/aromatic N) is 4. The second-order valence-electron chi connectivity index (χ2n) is 7.64. The fraction of sp³-hybridized carbons (Fsp3) is 0.429. The lowest BCUT2D eigenvalue weighted by atomic mass is 10.0. The lowest BCUT2D eigenvalue weighted by Gasteiger charge is -2.31. The first kappa shape index (κ1) is 22.0. The monoisotopic (exact) mass is 449 g/mol. The summed E-state index contributed by atoms with van der Waals surface area (Å²) in [6.45, 7) is 3.24. The Kier molecular flexibility index (Phi) is 6.00. The van der Waals surface area contributed by atoms with Gasteiger partial charge in [-0.15, -0.1) is 5.10 Å². The number of alkyl halides is 3. The number of carbonyl (C=O) groups excluding carboxylic acids is 1. The molecular formula is C21H22F3N5O3. The van der Waals surface area contributed by atoms with E-state index in [0.717, 1.165) is 6.92 Å². The second kappa shape index (κ2) is 8.73. The van der Waals surface area contributed by atoms with Crippen LogP contribution in [0.5, 0.6) is 0 Å². The molecule has 0 unspecified atom stereocenters. The average molecular weight is 449 g/mol. The van der Waals surface area contributed by atoms with Gasteiger partial charge < -0.3 is 14.8 Å². The zero-order chi connectivity index (χ0) is 22.9. The van der Waals surface area contributed by atoms with Gasteiger partial charge in [-0.05, 0) is 37.1 Å². The molecule has 1 aliphatic rings. The van der Waals surface area contributed by atoms with Crippen molar-refractivity contribution in [1.82, 2.24) is 19.6 Å². The molecule has 8 nitrogen and oxygen atoms in total. The number of halogens is 3. The van der Waals surface area contributed by atoms with Crippen molar-refractivity contribution in [3.8, 4) is 11.4 Å². The van der Waals surface area contributed by atoms with Crippen LogP contribution < -0.4 is 5.32 Å². The summed E-state index contributed by atoms with van der Waals surface area (Å²) >= 11 is 0. The van der Waals surface area contributed by atoms with Crippen LogP contribution in [0, 0.1) is 0 Å². The lowest BCUT2D eigenvalue weighted by Crippen LogP contribution is -2.44. The Balaban J connectivity index is 1.58. The molecule has 0 aliphatic carbocycles. The molecule has 4 heterocycles. The summed E-state index contributed by atoms with van der Waals surface area (Å²) in [5, 5.41) is 7.70. The molecule has 1 N–H and O–H groups in total. The summed E-state index contributed by atoms with van der Waals surface area (Å²) in [6, 6.07) is 6.32. The number of fused-ring (bicyclic) bond motifs is 1. The molecule has 170 valence electrons. The van der Waals surface area contributed by atoms with Gasteiger partial charge in [0.1, 0.15) is 6.10 Å². The molecule has 3 aromatic heterocycles. The number of aromatic nitrogens is 4. The largest absolute Gasteiger partial charge is 0.458 e. The highest BCUT2D eigenvalue weighted by molar-refractivity contribution is 5.66. The highest BCUT2D eigenvalue weighted by atomic mass is 19.4. The van der Waals surface area contributed by atoms with E-state index >= 15 is 0 Å². The zero-order valence-corrected chi connectivity index (χ0v) is 17.5. The molecule has 0 saturated carbocycles. The van der Waals surface area contributed by atoms with Crippen LogP contribution in [0.25, 0.3) is 16.9 Å². The normalized spacial score (nSPS) is 20.2. The molecule has 1 saturated heterocycles. The Bertz CT molecular complexity index is 1100. The predicted octanol–water partition coefficient (Wildman–Crippen LogP) is 3.59. The second-order valence-corrected chi connectivity index (χ2v) is 7.64. The standard InChI is InChI=1S/C21H22F3N5O3/c1-12(21(22,23)24)14-3-5-16(25-9-14)18-6-4-15-10-26-20(28-29(15)18)27-17-7-8-31-11-19(17)32-13(2)30/h3-6,9-10,12,17,19H,7-8,11H2,1-2H3,(H,27,28)/t12-,17-,19-/m1/s1. The van der Waals surface area contributed by atoms with Crippen LogP contribution in [-0.4, -0.2) is 57.1 Å². The predicted molar refractivity (Wildman–Crippen MR) is 109 cm³/mol. The molecule has 11 heteroatoms. The number of anilines is 1. The van der Waals surface area contributed by atoms with Crippen molar-refractivity contribution in [1.29, 1.82) is 0 Å². The lowest BCUT2D eigenvalue weighted by molar-refractivity contribution is -0.153.